The predicted octanol–water partition coefficient (Wildman–Crippen LogP) is 3.30. The van der Waals surface area contributed by atoms with Crippen LogP contribution in [-0.2, 0) is 21.5 Å². The van der Waals surface area contributed by atoms with E-state index in [-0.39, 0.29) is 18.5 Å². The van der Waals surface area contributed by atoms with Crippen LogP contribution in [0.4, 0.5) is 4.79 Å². The second-order valence-corrected chi connectivity index (χ2v) is 8.02. The molecule has 2 aliphatic rings. The van der Waals surface area contributed by atoms with Gasteiger partial charge in [0.15, 0.2) is 0 Å². The molecule has 7 heteroatoms. The van der Waals surface area contributed by atoms with Gasteiger partial charge in [0.2, 0.25) is 5.91 Å². The maximum atomic E-state index is 13.2. The summed E-state index contributed by atoms with van der Waals surface area (Å²) in [6, 6.07) is 14.0. The highest BCUT2D eigenvalue weighted by Gasteiger charge is 2.54. The molecule has 1 saturated heterocycles. The standard InChI is InChI=1S/C22H22ClN3O3/c1-14(16-7-4-9-17(23)12-16)24-19(27)13-26-20(28)22(25-21(26)29)11-5-8-15-6-2-3-10-18(15)22/h2-4,6-7,9-10,12,14H,5,8,11,13H2,1H3,(H,24,27)(H,25,29)/t14-,22-/m0/s1. The van der Waals surface area contributed by atoms with Crippen molar-refractivity contribution in [1.82, 2.24) is 15.5 Å². The average Bonchev–Trinajstić information content (AvgIpc) is 2.93. The fourth-order valence-corrected chi connectivity index (χ4v) is 4.44. The van der Waals surface area contributed by atoms with Crippen molar-refractivity contribution in [2.24, 2.45) is 0 Å². The van der Waals surface area contributed by atoms with Gasteiger partial charge in [0.1, 0.15) is 12.1 Å². The Balaban J connectivity index is 1.50. The molecule has 1 aliphatic heterocycles. The minimum absolute atomic E-state index is 0.300. The molecule has 1 spiro atoms. The number of fused-ring (bicyclic) bond motifs is 2. The van der Waals surface area contributed by atoms with Crippen LogP contribution in [0.1, 0.15) is 42.5 Å². The first-order valence-corrected chi connectivity index (χ1v) is 10.1. The molecule has 6 nitrogen and oxygen atoms in total. The zero-order valence-corrected chi connectivity index (χ0v) is 16.8. The van der Waals surface area contributed by atoms with Crippen LogP contribution in [0, 0.1) is 0 Å². The molecule has 0 aromatic heterocycles. The maximum Gasteiger partial charge on any atom is 0.325 e. The molecule has 2 N–H and O–H groups in total. The normalized spacial score (nSPS) is 21.7. The molecular weight excluding hydrogens is 390 g/mol. The van der Waals surface area contributed by atoms with Gasteiger partial charge in [-0.3, -0.25) is 14.5 Å². The average molecular weight is 412 g/mol. The van der Waals surface area contributed by atoms with Gasteiger partial charge in [-0.05, 0) is 55.0 Å². The number of urea groups is 1. The molecule has 150 valence electrons. The molecule has 0 unspecified atom stereocenters. The molecule has 0 radical (unpaired) electrons. The summed E-state index contributed by atoms with van der Waals surface area (Å²) in [6.07, 6.45) is 2.21. The lowest BCUT2D eigenvalue weighted by Gasteiger charge is -2.33. The minimum atomic E-state index is -1.06. The number of carbonyl (C=O) groups is 3. The lowest BCUT2D eigenvalue weighted by atomic mass is 9.76. The van der Waals surface area contributed by atoms with Gasteiger partial charge in [-0.2, -0.15) is 0 Å². The number of rotatable bonds is 4. The first-order chi connectivity index (χ1) is 13.9. The summed E-state index contributed by atoms with van der Waals surface area (Å²) in [4.78, 5) is 39.4. The molecule has 1 heterocycles. The van der Waals surface area contributed by atoms with E-state index < -0.39 is 17.5 Å². The number of carbonyl (C=O) groups excluding carboxylic acids is 3. The first kappa shape index (κ1) is 19.5. The van der Waals surface area contributed by atoms with Crippen LogP contribution in [0.2, 0.25) is 5.02 Å². The van der Waals surface area contributed by atoms with Gasteiger partial charge in [-0.25, -0.2) is 4.79 Å². The number of halogens is 1. The summed E-state index contributed by atoms with van der Waals surface area (Å²) in [6.45, 7) is 1.51. The highest BCUT2D eigenvalue weighted by molar-refractivity contribution is 6.30. The lowest BCUT2D eigenvalue weighted by molar-refractivity contribution is -0.135. The Morgan fingerprint density at radius 2 is 2.03 bits per heavy atom. The third kappa shape index (κ3) is 3.49. The summed E-state index contributed by atoms with van der Waals surface area (Å²) in [7, 11) is 0. The van der Waals surface area contributed by atoms with E-state index in [4.69, 9.17) is 11.6 Å². The number of aryl methyl sites for hydroxylation is 1. The van der Waals surface area contributed by atoms with E-state index in [0.29, 0.717) is 11.4 Å². The van der Waals surface area contributed by atoms with Crippen LogP contribution in [0.3, 0.4) is 0 Å². The molecular formula is C22H22ClN3O3. The van der Waals surface area contributed by atoms with Gasteiger partial charge >= 0.3 is 6.03 Å². The highest BCUT2D eigenvalue weighted by atomic mass is 35.5. The van der Waals surface area contributed by atoms with Crippen molar-refractivity contribution in [3.05, 3.63) is 70.2 Å². The second-order valence-electron chi connectivity index (χ2n) is 7.58. The van der Waals surface area contributed by atoms with Crippen LogP contribution < -0.4 is 10.6 Å². The predicted molar refractivity (Wildman–Crippen MR) is 109 cm³/mol. The van der Waals surface area contributed by atoms with Crippen LogP contribution in [0.15, 0.2) is 48.5 Å². The van der Waals surface area contributed by atoms with Crippen molar-refractivity contribution in [3.63, 3.8) is 0 Å². The largest absolute Gasteiger partial charge is 0.348 e. The molecule has 4 amide bonds. The summed E-state index contributed by atoms with van der Waals surface area (Å²) in [5.74, 6) is -0.762. The topological polar surface area (TPSA) is 78.5 Å². The third-order valence-corrected chi connectivity index (χ3v) is 5.91. The first-order valence-electron chi connectivity index (χ1n) is 9.68. The van der Waals surface area contributed by atoms with Crippen LogP contribution in [0.5, 0.6) is 0 Å². The number of benzene rings is 2. The summed E-state index contributed by atoms with van der Waals surface area (Å²) >= 11 is 6.01. The number of imide groups is 1. The van der Waals surface area contributed by atoms with Crippen LogP contribution >= 0.6 is 11.6 Å². The van der Waals surface area contributed by atoms with E-state index in [0.717, 1.165) is 34.4 Å². The Kier molecular flexibility index (Phi) is 5.04. The minimum Gasteiger partial charge on any atom is -0.348 e. The summed E-state index contributed by atoms with van der Waals surface area (Å²) < 4.78 is 0. The molecule has 2 aromatic rings. The molecule has 0 bridgehead atoms. The molecule has 1 aliphatic carbocycles. The third-order valence-electron chi connectivity index (χ3n) is 5.68. The van der Waals surface area contributed by atoms with Crippen LogP contribution in [-0.4, -0.2) is 29.3 Å². The van der Waals surface area contributed by atoms with E-state index in [1.807, 2.05) is 43.3 Å². The molecule has 1 fully saturated rings. The number of nitrogens with one attached hydrogen (secondary N) is 2. The van der Waals surface area contributed by atoms with Gasteiger partial charge < -0.3 is 10.6 Å². The molecule has 2 atom stereocenters. The van der Waals surface area contributed by atoms with Crippen LogP contribution in [0.25, 0.3) is 0 Å². The molecule has 0 saturated carbocycles. The van der Waals surface area contributed by atoms with Gasteiger partial charge in [0.05, 0.1) is 6.04 Å². The fourth-order valence-electron chi connectivity index (χ4n) is 4.25. The molecule has 2 aromatic carbocycles. The van der Waals surface area contributed by atoms with Crippen molar-refractivity contribution in [2.75, 3.05) is 6.54 Å². The number of hydrogen-bond acceptors (Lipinski definition) is 3. The Bertz CT molecular complexity index is 993. The van der Waals surface area contributed by atoms with E-state index in [1.165, 1.54) is 0 Å². The highest BCUT2D eigenvalue weighted by Crippen LogP contribution is 2.39. The second kappa shape index (κ2) is 7.52. The van der Waals surface area contributed by atoms with Crippen molar-refractivity contribution in [1.29, 1.82) is 0 Å². The number of hydrogen-bond donors (Lipinski definition) is 2. The molecule has 29 heavy (non-hydrogen) atoms. The monoisotopic (exact) mass is 411 g/mol. The summed E-state index contributed by atoms with van der Waals surface area (Å²) in [5.41, 5.74) is 1.68. The summed E-state index contributed by atoms with van der Waals surface area (Å²) in [5, 5.41) is 6.27. The van der Waals surface area contributed by atoms with E-state index in [1.54, 1.807) is 12.1 Å². The van der Waals surface area contributed by atoms with Gasteiger partial charge in [-0.1, -0.05) is 48.0 Å². The number of nitrogens with zero attached hydrogens (tertiary/aromatic N) is 1. The smallest absolute Gasteiger partial charge is 0.325 e. The zero-order valence-electron chi connectivity index (χ0n) is 16.1. The van der Waals surface area contributed by atoms with E-state index >= 15 is 0 Å². The maximum absolute atomic E-state index is 13.2. The van der Waals surface area contributed by atoms with Crippen molar-refractivity contribution < 1.29 is 14.4 Å². The Morgan fingerprint density at radius 1 is 1.24 bits per heavy atom. The van der Waals surface area contributed by atoms with E-state index in [2.05, 4.69) is 10.6 Å². The SMILES string of the molecule is C[C@H](NC(=O)CN1C(=O)N[C@]2(CCCc3ccccc32)C1=O)c1cccc(Cl)c1. The Hall–Kier alpha value is -2.86. The van der Waals surface area contributed by atoms with Crippen molar-refractivity contribution >= 4 is 29.4 Å². The lowest BCUT2D eigenvalue weighted by Crippen LogP contribution is -2.47. The Morgan fingerprint density at radius 3 is 2.83 bits per heavy atom. The quantitative estimate of drug-likeness (QED) is 0.757. The van der Waals surface area contributed by atoms with Crippen molar-refractivity contribution in [2.45, 2.75) is 37.8 Å². The number of amides is 4. The van der Waals surface area contributed by atoms with E-state index in [9.17, 15) is 14.4 Å². The van der Waals surface area contributed by atoms with Gasteiger partial charge in [-0.15, -0.1) is 0 Å². The molecule has 4 rings (SSSR count). The van der Waals surface area contributed by atoms with Crippen molar-refractivity contribution in [3.8, 4) is 0 Å². The van der Waals surface area contributed by atoms with Gasteiger partial charge in [0.25, 0.3) is 5.91 Å². The van der Waals surface area contributed by atoms with Gasteiger partial charge in [0, 0.05) is 5.02 Å². The zero-order chi connectivity index (χ0) is 20.6. The Labute approximate surface area is 174 Å². The fraction of sp³-hybridized carbons (Fsp3) is 0.318.